The first kappa shape index (κ1) is 31.0. The molecule has 0 aromatic carbocycles. The lowest BCUT2D eigenvalue weighted by molar-refractivity contribution is -0.178. The summed E-state index contributed by atoms with van der Waals surface area (Å²) >= 11 is 0. The highest BCUT2D eigenvalue weighted by Crippen LogP contribution is 2.53. The summed E-state index contributed by atoms with van der Waals surface area (Å²) in [5, 5.41) is 22.2. The number of aliphatic hydroxyl groups is 2. The standard InChI is InChI=1S/C20H24N10O14P2/c21-19-25-11-5(13(33)27-19)23-1-29(11)15-7(31)9-17(41-15)39-3-46(37,38)44-10-8(32)16(42-18(10)40-4-45(35,36)43-9)30-2-24-6-12(30)26-20(22)28-14(6)34/h1-2,7-10,15-18,31-32H,3-4H2,(H,35,36)(H,37,38)(H3,21,25,27,33)(H3,22,26,28,34)/t7-,8-,9?,10?,15+,16+,17-,18-/m0/s1. The summed E-state index contributed by atoms with van der Waals surface area (Å²) < 4.78 is 61.3. The van der Waals surface area contributed by atoms with Crippen LogP contribution in [-0.4, -0.2) is 109 Å². The number of hydrogen-bond donors (Lipinski definition) is 8. The molecule has 10 atom stereocenters. The molecule has 248 valence electrons. The van der Waals surface area contributed by atoms with Crippen molar-refractivity contribution >= 4 is 49.4 Å². The second kappa shape index (κ2) is 11.0. The van der Waals surface area contributed by atoms with Crippen LogP contribution in [0.1, 0.15) is 12.5 Å². The van der Waals surface area contributed by atoms with E-state index < -0.39 is 88.5 Å². The maximum absolute atomic E-state index is 13.2. The summed E-state index contributed by atoms with van der Waals surface area (Å²) in [6, 6.07) is 0. The number of ether oxygens (including phenoxy) is 4. The van der Waals surface area contributed by atoms with Gasteiger partial charge in [-0.1, -0.05) is 0 Å². The zero-order valence-corrected chi connectivity index (χ0v) is 24.6. The Morgan fingerprint density at radius 2 is 1.15 bits per heavy atom. The van der Waals surface area contributed by atoms with E-state index in [0.717, 1.165) is 21.8 Å². The minimum Gasteiger partial charge on any atom is -0.385 e. The first-order valence-electron chi connectivity index (χ1n) is 13.1. The van der Waals surface area contributed by atoms with Crippen LogP contribution in [0.25, 0.3) is 22.3 Å². The number of aromatic amines is 2. The van der Waals surface area contributed by atoms with Crippen molar-refractivity contribution in [3.05, 3.63) is 33.4 Å². The summed E-state index contributed by atoms with van der Waals surface area (Å²) in [6.07, 6.45) is -13.9. The van der Waals surface area contributed by atoms with Gasteiger partial charge in [-0.25, -0.2) is 9.97 Å². The lowest BCUT2D eigenvalue weighted by atomic mass is 10.2. The summed E-state index contributed by atoms with van der Waals surface area (Å²) in [7, 11) is -9.69. The van der Waals surface area contributed by atoms with Crippen LogP contribution in [-0.2, 0) is 37.1 Å². The SMILES string of the molecule is Nc1nc2c(ncn2[C@@H]2O[C@@H]3OCP(=O)(O)OC4[C@@H](OCP(=O)(O)OC3[C@@H]2O)O[C@@H](n2cnc3c(=O)[nH]c(N)nc32)[C@H]4O)c(=O)[nH]1. The molecule has 4 unspecified atom stereocenters. The molecule has 7 heterocycles. The van der Waals surface area contributed by atoms with Gasteiger partial charge in [-0.3, -0.25) is 46.9 Å². The fourth-order valence-electron chi connectivity index (χ4n) is 5.22. The Hall–Kier alpha value is -3.64. The van der Waals surface area contributed by atoms with Gasteiger partial charge in [0.2, 0.25) is 11.9 Å². The molecule has 10 N–H and O–H groups in total. The van der Waals surface area contributed by atoms with Gasteiger partial charge in [-0.2, -0.15) is 9.97 Å². The van der Waals surface area contributed by atoms with Gasteiger partial charge in [0.1, 0.15) is 24.4 Å². The highest BCUT2D eigenvalue weighted by Gasteiger charge is 2.54. The molecule has 0 bridgehead atoms. The molecule has 0 amide bonds. The quantitative estimate of drug-likeness (QED) is 0.0968. The number of nitrogen functional groups attached to an aromatic ring is 2. The van der Waals surface area contributed by atoms with Gasteiger partial charge in [0.15, 0.2) is 60.1 Å². The van der Waals surface area contributed by atoms with Crippen molar-refractivity contribution in [1.29, 1.82) is 0 Å². The number of imidazole rings is 2. The van der Waals surface area contributed by atoms with Crippen molar-refractivity contribution in [1.82, 2.24) is 39.0 Å². The zero-order chi connectivity index (χ0) is 32.7. The van der Waals surface area contributed by atoms with Crippen molar-refractivity contribution in [3.8, 4) is 0 Å². The van der Waals surface area contributed by atoms with Crippen LogP contribution in [0.5, 0.6) is 0 Å². The Morgan fingerprint density at radius 3 is 1.54 bits per heavy atom. The summed E-state index contributed by atoms with van der Waals surface area (Å²) in [6.45, 7) is 0. The lowest BCUT2D eigenvalue weighted by Crippen LogP contribution is -2.38. The fourth-order valence-corrected chi connectivity index (χ4v) is 7.23. The normalized spacial score (nSPS) is 37.1. The Labute approximate surface area is 252 Å². The number of aliphatic hydroxyl groups excluding tert-OH is 2. The maximum Gasteiger partial charge on any atom is 0.354 e. The number of nitrogens with zero attached hydrogens (tertiary/aromatic N) is 6. The van der Waals surface area contributed by atoms with Crippen LogP contribution in [0.4, 0.5) is 11.9 Å². The Kier molecular flexibility index (Phi) is 7.39. The van der Waals surface area contributed by atoms with E-state index in [0.29, 0.717) is 0 Å². The van der Waals surface area contributed by atoms with Gasteiger partial charge in [0.25, 0.3) is 11.1 Å². The van der Waals surface area contributed by atoms with E-state index in [9.17, 15) is 38.7 Å². The zero-order valence-electron chi connectivity index (χ0n) is 22.8. The number of hydrogen-bond acceptors (Lipinski definition) is 18. The van der Waals surface area contributed by atoms with Crippen LogP contribution in [0.2, 0.25) is 0 Å². The molecule has 0 spiro atoms. The first-order valence-corrected chi connectivity index (χ1v) is 16.6. The van der Waals surface area contributed by atoms with Crippen molar-refractivity contribution in [2.45, 2.75) is 49.5 Å². The molecule has 7 rings (SSSR count). The molecule has 0 saturated carbocycles. The van der Waals surface area contributed by atoms with E-state index >= 15 is 0 Å². The molecular weight excluding hydrogens is 666 g/mol. The number of aromatic nitrogens is 8. The van der Waals surface area contributed by atoms with Gasteiger partial charge in [0, 0.05) is 0 Å². The van der Waals surface area contributed by atoms with E-state index in [-0.39, 0.29) is 34.2 Å². The van der Waals surface area contributed by atoms with E-state index in [1.54, 1.807) is 0 Å². The summed E-state index contributed by atoms with van der Waals surface area (Å²) in [5.41, 5.74) is 9.24. The Balaban J connectivity index is 1.18. The van der Waals surface area contributed by atoms with Gasteiger partial charge < -0.3 is 50.4 Å². The van der Waals surface area contributed by atoms with Crippen LogP contribution in [0.15, 0.2) is 22.2 Å². The van der Waals surface area contributed by atoms with Gasteiger partial charge in [-0.15, -0.1) is 0 Å². The topological polar surface area (TPSA) is 350 Å². The largest absolute Gasteiger partial charge is 0.385 e. The molecule has 3 saturated heterocycles. The molecule has 4 aromatic heterocycles. The maximum atomic E-state index is 13.2. The molecule has 0 radical (unpaired) electrons. The molecular formula is C20H24N10O14P2. The third kappa shape index (κ3) is 5.33. The van der Waals surface area contributed by atoms with Crippen LogP contribution in [0.3, 0.4) is 0 Å². The summed E-state index contributed by atoms with van der Waals surface area (Å²) in [4.78, 5) is 66.1. The predicted molar refractivity (Wildman–Crippen MR) is 146 cm³/mol. The van der Waals surface area contributed by atoms with E-state index in [2.05, 4.69) is 29.9 Å². The van der Waals surface area contributed by atoms with Gasteiger partial charge in [-0.05, 0) is 0 Å². The number of nitrogens with two attached hydrogens (primary N) is 2. The molecule has 24 nitrogen and oxygen atoms in total. The third-order valence-corrected chi connectivity index (χ3v) is 9.26. The molecule has 4 aromatic rings. The Bertz CT molecular complexity index is 1900. The van der Waals surface area contributed by atoms with E-state index in [1.165, 1.54) is 0 Å². The van der Waals surface area contributed by atoms with Crippen molar-refractivity contribution < 1.29 is 57.1 Å². The molecule has 26 heteroatoms. The second-order valence-corrected chi connectivity index (χ2v) is 13.8. The number of rotatable bonds is 2. The average molecular weight is 690 g/mol. The van der Waals surface area contributed by atoms with Crippen molar-refractivity contribution in [3.63, 3.8) is 0 Å². The highest BCUT2D eigenvalue weighted by atomic mass is 31.2. The monoisotopic (exact) mass is 690 g/mol. The first-order chi connectivity index (χ1) is 21.7. The lowest BCUT2D eigenvalue weighted by Gasteiger charge is -2.28. The summed E-state index contributed by atoms with van der Waals surface area (Å²) in [5.74, 6) is -0.567. The predicted octanol–water partition coefficient (Wildman–Crippen LogP) is -3.05. The van der Waals surface area contributed by atoms with Gasteiger partial charge >= 0.3 is 15.2 Å². The smallest absolute Gasteiger partial charge is 0.354 e. The minimum absolute atomic E-state index is 0.129. The van der Waals surface area contributed by atoms with Crippen molar-refractivity contribution in [2.75, 3.05) is 24.2 Å². The molecule has 3 aliphatic rings. The Morgan fingerprint density at radius 1 is 0.761 bits per heavy atom. The van der Waals surface area contributed by atoms with Crippen LogP contribution < -0.4 is 22.6 Å². The van der Waals surface area contributed by atoms with Gasteiger partial charge in [0.05, 0.1) is 12.7 Å². The molecule has 3 aliphatic heterocycles. The van der Waals surface area contributed by atoms with Crippen LogP contribution in [0, 0.1) is 0 Å². The highest BCUT2D eigenvalue weighted by molar-refractivity contribution is 7.52. The fraction of sp³-hybridized carbons (Fsp3) is 0.500. The number of H-pyrrole nitrogens is 2. The van der Waals surface area contributed by atoms with Crippen molar-refractivity contribution in [2.24, 2.45) is 0 Å². The molecule has 3 fully saturated rings. The van der Waals surface area contributed by atoms with Crippen LogP contribution >= 0.6 is 15.2 Å². The second-order valence-electron chi connectivity index (χ2n) is 10.3. The molecule has 46 heavy (non-hydrogen) atoms. The number of fused-ring (bicyclic) bond motifs is 4. The number of nitrogens with one attached hydrogen (secondary N) is 2. The third-order valence-electron chi connectivity index (χ3n) is 7.17. The number of anilines is 2. The average Bonchev–Trinajstić information content (AvgIpc) is 3.72. The minimum atomic E-state index is -4.85. The van der Waals surface area contributed by atoms with E-state index in [1.807, 2.05) is 0 Å². The van der Waals surface area contributed by atoms with E-state index in [4.69, 9.17) is 39.5 Å². The molecule has 0 aliphatic carbocycles.